The predicted molar refractivity (Wildman–Crippen MR) is 77.9 cm³/mol. The SMILES string of the molecule is C#CCN(C)c1cc(CNCC(C)C)c(Cl)cn1. The number of halogens is 1. The van der Waals surface area contributed by atoms with Crippen LogP contribution in [0.2, 0.25) is 5.02 Å². The Morgan fingerprint density at radius 2 is 2.28 bits per heavy atom. The van der Waals surface area contributed by atoms with Gasteiger partial charge in [0.05, 0.1) is 11.6 Å². The van der Waals surface area contributed by atoms with Crippen LogP contribution in [0.1, 0.15) is 19.4 Å². The van der Waals surface area contributed by atoms with Crippen LogP contribution in [0.25, 0.3) is 0 Å². The zero-order valence-electron chi connectivity index (χ0n) is 11.2. The van der Waals surface area contributed by atoms with Crippen LogP contribution >= 0.6 is 11.6 Å². The molecular formula is C14H20ClN3. The molecule has 98 valence electrons. The molecule has 0 amide bonds. The molecule has 0 aromatic carbocycles. The minimum atomic E-state index is 0.535. The first-order valence-electron chi connectivity index (χ1n) is 6.04. The molecule has 0 fully saturated rings. The van der Waals surface area contributed by atoms with E-state index in [4.69, 9.17) is 18.0 Å². The van der Waals surface area contributed by atoms with E-state index in [0.717, 1.165) is 24.5 Å². The summed E-state index contributed by atoms with van der Waals surface area (Å²) in [4.78, 5) is 6.19. The van der Waals surface area contributed by atoms with Crippen LogP contribution in [-0.2, 0) is 6.54 Å². The van der Waals surface area contributed by atoms with E-state index in [9.17, 15) is 0 Å². The number of rotatable bonds is 6. The highest BCUT2D eigenvalue weighted by Crippen LogP contribution is 2.19. The molecule has 1 heterocycles. The molecule has 0 saturated heterocycles. The van der Waals surface area contributed by atoms with Gasteiger partial charge in [0, 0.05) is 19.8 Å². The summed E-state index contributed by atoms with van der Waals surface area (Å²) in [6.07, 6.45) is 6.97. The van der Waals surface area contributed by atoms with Crippen LogP contribution in [0.3, 0.4) is 0 Å². The van der Waals surface area contributed by atoms with Crippen LogP contribution in [0.4, 0.5) is 5.82 Å². The van der Waals surface area contributed by atoms with Gasteiger partial charge in [-0.2, -0.15) is 0 Å². The Balaban J connectivity index is 2.72. The molecule has 4 heteroatoms. The minimum Gasteiger partial charge on any atom is -0.349 e. The van der Waals surface area contributed by atoms with Crippen molar-refractivity contribution in [1.82, 2.24) is 10.3 Å². The summed E-state index contributed by atoms with van der Waals surface area (Å²) in [7, 11) is 1.92. The molecule has 0 aliphatic heterocycles. The van der Waals surface area contributed by atoms with Crippen molar-refractivity contribution >= 4 is 17.4 Å². The van der Waals surface area contributed by atoms with E-state index in [2.05, 4.69) is 30.1 Å². The van der Waals surface area contributed by atoms with Crippen molar-refractivity contribution in [2.24, 2.45) is 5.92 Å². The highest BCUT2D eigenvalue weighted by atomic mass is 35.5. The van der Waals surface area contributed by atoms with Crippen molar-refractivity contribution in [3.8, 4) is 12.3 Å². The maximum atomic E-state index is 6.13. The molecule has 0 atom stereocenters. The molecule has 0 aliphatic carbocycles. The predicted octanol–water partition coefficient (Wildman–Crippen LogP) is 2.55. The second-order valence-electron chi connectivity index (χ2n) is 4.72. The standard InChI is InChI=1S/C14H20ClN3/c1-5-6-18(4)14-7-12(13(15)10-17-14)9-16-8-11(2)3/h1,7,10-11,16H,6,8-9H2,2-4H3. The van der Waals surface area contributed by atoms with E-state index in [1.807, 2.05) is 18.0 Å². The van der Waals surface area contributed by atoms with E-state index >= 15 is 0 Å². The summed E-state index contributed by atoms with van der Waals surface area (Å²) in [5.41, 5.74) is 1.05. The Hall–Kier alpha value is -1.24. The number of pyridine rings is 1. The average Bonchev–Trinajstić information content (AvgIpc) is 2.31. The van der Waals surface area contributed by atoms with Crippen LogP contribution in [-0.4, -0.2) is 25.1 Å². The molecule has 0 saturated carbocycles. The molecule has 0 radical (unpaired) electrons. The van der Waals surface area contributed by atoms with Crippen molar-refractivity contribution < 1.29 is 0 Å². The largest absolute Gasteiger partial charge is 0.349 e. The van der Waals surface area contributed by atoms with E-state index < -0.39 is 0 Å². The normalized spacial score (nSPS) is 10.4. The highest BCUT2D eigenvalue weighted by molar-refractivity contribution is 6.31. The molecule has 1 N–H and O–H groups in total. The lowest BCUT2D eigenvalue weighted by Crippen LogP contribution is -2.21. The van der Waals surface area contributed by atoms with Gasteiger partial charge < -0.3 is 10.2 Å². The van der Waals surface area contributed by atoms with E-state index in [-0.39, 0.29) is 0 Å². The first kappa shape index (κ1) is 14.8. The van der Waals surface area contributed by atoms with Crippen molar-refractivity contribution in [3.05, 3.63) is 22.8 Å². The lowest BCUT2D eigenvalue weighted by molar-refractivity contribution is 0.552. The Morgan fingerprint density at radius 1 is 1.56 bits per heavy atom. The summed E-state index contributed by atoms with van der Waals surface area (Å²) in [5.74, 6) is 4.06. The third-order valence-corrected chi connectivity index (χ3v) is 2.85. The summed E-state index contributed by atoms with van der Waals surface area (Å²) in [6.45, 7) is 6.60. The number of terminal acetylenes is 1. The topological polar surface area (TPSA) is 28.2 Å². The van der Waals surface area contributed by atoms with Gasteiger partial charge in [0.25, 0.3) is 0 Å². The number of hydrogen-bond donors (Lipinski definition) is 1. The van der Waals surface area contributed by atoms with Crippen LogP contribution in [0, 0.1) is 18.3 Å². The van der Waals surface area contributed by atoms with Gasteiger partial charge >= 0.3 is 0 Å². The Kier molecular flexibility index (Phi) is 5.97. The van der Waals surface area contributed by atoms with Crippen molar-refractivity contribution in [2.75, 3.05) is 25.0 Å². The molecule has 0 aliphatic rings. The second-order valence-corrected chi connectivity index (χ2v) is 5.13. The fourth-order valence-electron chi connectivity index (χ4n) is 1.53. The lowest BCUT2D eigenvalue weighted by Gasteiger charge is -2.16. The van der Waals surface area contributed by atoms with Gasteiger partial charge in [0.1, 0.15) is 5.82 Å². The van der Waals surface area contributed by atoms with Gasteiger partial charge in [-0.25, -0.2) is 4.98 Å². The van der Waals surface area contributed by atoms with Gasteiger partial charge in [-0.05, 0) is 24.1 Å². The number of nitrogens with one attached hydrogen (secondary N) is 1. The number of nitrogens with zero attached hydrogens (tertiary/aromatic N) is 2. The van der Waals surface area contributed by atoms with Gasteiger partial charge in [-0.15, -0.1) is 6.42 Å². The third kappa shape index (κ3) is 4.56. The maximum Gasteiger partial charge on any atom is 0.129 e. The van der Waals surface area contributed by atoms with Crippen LogP contribution in [0.15, 0.2) is 12.3 Å². The van der Waals surface area contributed by atoms with E-state index in [1.165, 1.54) is 0 Å². The van der Waals surface area contributed by atoms with Gasteiger partial charge in [-0.3, -0.25) is 0 Å². The molecule has 0 unspecified atom stereocenters. The molecule has 1 rings (SSSR count). The number of hydrogen-bond acceptors (Lipinski definition) is 3. The lowest BCUT2D eigenvalue weighted by atomic mass is 10.2. The first-order chi connectivity index (χ1) is 8.54. The maximum absolute atomic E-state index is 6.13. The van der Waals surface area contributed by atoms with Crippen LogP contribution < -0.4 is 10.2 Å². The minimum absolute atomic E-state index is 0.535. The zero-order chi connectivity index (χ0) is 13.5. The molecule has 1 aromatic rings. The Labute approximate surface area is 115 Å². The van der Waals surface area contributed by atoms with Crippen molar-refractivity contribution in [1.29, 1.82) is 0 Å². The van der Waals surface area contributed by atoms with E-state index in [0.29, 0.717) is 17.5 Å². The Bertz CT molecular complexity index is 424. The molecule has 0 bridgehead atoms. The summed E-state index contributed by atoms with van der Waals surface area (Å²) >= 11 is 6.13. The molecule has 18 heavy (non-hydrogen) atoms. The third-order valence-electron chi connectivity index (χ3n) is 2.51. The molecule has 0 spiro atoms. The number of aromatic nitrogens is 1. The van der Waals surface area contributed by atoms with Gasteiger partial charge in [0.15, 0.2) is 0 Å². The summed E-state index contributed by atoms with van der Waals surface area (Å²) in [5, 5.41) is 4.05. The smallest absolute Gasteiger partial charge is 0.129 e. The van der Waals surface area contributed by atoms with Gasteiger partial charge in [0.2, 0.25) is 0 Å². The first-order valence-corrected chi connectivity index (χ1v) is 6.42. The molecule has 3 nitrogen and oxygen atoms in total. The quantitative estimate of drug-likeness (QED) is 0.802. The van der Waals surface area contributed by atoms with Crippen molar-refractivity contribution in [2.45, 2.75) is 20.4 Å². The monoisotopic (exact) mass is 265 g/mol. The van der Waals surface area contributed by atoms with Crippen LogP contribution in [0.5, 0.6) is 0 Å². The molecular weight excluding hydrogens is 246 g/mol. The zero-order valence-corrected chi connectivity index (χ0v) is 12.0. The van der Waals surface area contributed by atoms with Gasteiger partial charge in [-0.1, -0.05) is 31.4 Å². The summed E-state index contributed by atoms with van der Waals surface area (Å²) in [6, 6.07) is 1.98. The fraction of sp³-hybridized carbons (Fsp3) is 0.500. The second kappa shape index (κ2) is 7.25. The summed E-state index contributed by atoms with van der Waals surface area (Å²) < 4.78 is 0. The highest BCUT2D eigenvalue weighted by Gasteiger charge is 2.06. The molecule has 1 aromatic heterocycles. The van der Waals surface area contributed by atoms with E-state index in [1.54, 1.807) is 6.20 Å². The Morgan fingerprint density at radius 3 is 2.89 bits per heavy atom. The van der Waals surface area contributed by atoms with Crippen molar-refractivity contribution in [3.63, 3.8) is 0 Å². The fourth-order valence-corrected chi connectivity index (χ4v) is 1.70. The average molecular weight is 266 g/mol. The number of anilines is 1.